The number of hydrogen-bond donors (Lipinski definition) is 1. The molecule has 2 aromatic carbocycles. The Labute approximate surface area is 168 Å². The minimum Gasteiger partial charge on any atom is -0.349 e. The zero-order valence-electron chi connectivity index (χ0n) is 15.6. The van der Waals surface area contributed by atoms with Crippen molar-refractivity contribution in [2.75, 3.05) is 11.4 Å². The van der Waals surface area contributed by atoms with Gasteiger partial charge in [-0.1, -0.05) is 35.9 Å². The summed E-state index contributed by atoms with van der Waals surface area (Å²) in [5, 5.41) is 3.46. The van der Waals surface area contributed by atoms with Crippen LogP contribution in [0.3, 0.4) is 0 Å². The Morgan fingerprint density at radius 1 is 1.21 bits per heavy atom. The predicted molar refractivity (Wildman–Crippen MR) is 109 cm³/mol. The third-order valence-corrected chi connectivity index (χ3v) is 5.43. The van der Waals surface area contributed by atoms with Crippen LogP contribution in [0.4, 0.5) is 5.69 Å². The lowest BCUT2D eigenvalue weighted by molar-refractivity contribution is -0.126. The minimum atomic E-state index is -0.400. The number of imidazole rings is 1. The Bertz CT molecular complexity index is 1050. The highest BCUT2D eigenvalue weighted by atomic mass is 35.5. The largest absolute Gasteiger partial charge is 0.349 e. The number of rotatable bonds is 5. The number of carbonyl (C=O) groups is 2. The second kappa shape index (κ2) is 7.64. The summed E-state index contributed by atoms with van der Waals surface area (Å²) in [6.07, 6.45) is 0.182. The van der Waals surface area contributed by atoms with E-state index >= 15 is 0 Å². The highest BCUT2D eigenvalue weighted by Gasteiger charge is 2.35. The van der Waals surface area contributed by atoms with Crippen molar-refractivity contribution in [1.82, 2.24) is 14.9 Å². The molecule has 0 saturated carbocycles. The van der Waals surface area contributed by atoms with Gasteiger partial charge < -0.3 is 14.8 Å². The van der Waals surface area contributed by atoms with Gasteiger partial charge >= 0.3 is 0 Å². The van der Waals surface area contributed by atoms with Gasteiger partial charge in [0.05, 0.1) is 34.2 Å². The molecule has 0 radical (unpaired) electrons. The van der Waals surface area contributed by atoms with E-state index in [0.29, 0.717) is 23.8 Å². The molecule has 0 aliphatic carbocycles. The fourth-order valence-corrected chi connectivity index (χ4v) is 3.95. The molecule has 1 aromatic heterocycles. The second-order valence-electron chi connectivity index (χ2n) is 6.84. The molecule has 7 heteroatoms. The molecule has 1 saturated heterocycles. The number of halogens is 1. The van der Waals surface area contributed by atoms with Gasteiger partial charge in [0.15, 0.2) is 0 Å². The summed E-state index contributed by atoms with van der Waals surface area (Å²) in [7, 11) is 0. The fourth-order valence-electron chi connectivity index (χ4n) is 3.71. The molecule has 1 atom stereocenters. The maximum Gasteiger partial charge on any atom is 0.227 e. The average molecular weight is 397 g/mol. The molecule has 1 N–H and O–H groups in total. The molecule has 2 heterocycles. The summed E-state index contributed by atoms with van der Waals surface area (Å²) >= 11 is 6.20. The smallest absolute Gasteiger partial charge is 0.227 e. The number of hydrogen-bond acceptors (Lipinski definition) is 3. The van der Waals surface area contributed by atoms with Crippen LogP contribution in [0, 0.1) is 5.92 Å². The Hall–Kier alpha value is -2.86. The summed E-state index contributed by atoms with van der Waals surface area (Å²) in [6, 6.07) is 15.1. The van der Waals surface area contributed by atoms with E-state index in [-0.39, 0.29) is 18.2 Å². The number of aryl methyl sites for hydroxylation is 1. The SMILES string of the molecule is CCn1c(CNC(=O)C2CC(=O)N(c3ccccc3Cl)C2)nc2ccccc21. The summed E-state index contributed by atoms with van der Waals surface area (Å²) in [4.78, 5) is 31.3. The lowest BCUT2D eigenvalue weighted by Gasteiger charge is -2.18. The molecular formula is C21H21ClN4O2. The monoisotopic (exact) mass is 396 g/mol. The molecule has 0 spiro atoms. The van der Waals surface area contributed by atoms with Crippen LogP contribution in [-0.4, -0.2) is 27.9 Å². The lowest BCUT2D eigenvalue weighted by Crippen LogP contribution is -2.33. The van der Waals surface area contributed by atoms with Crippen molar-refractivity contribution >= 4 is 40.1 Å². The first-order chi connectivity index (χ1) is 13.6. The molecule has 3 aromatic rings. The first kappa shape index (κ1) is 18.5. The number of nitrogens with one attached hydrogen (secondary N) is 1. The van der Waals surface area contributed by atoms with Crippen LogP contribution in [0.1, 0.15) is 19.2 Å². The number of amides is 2. The summed E-state index contributed by atoms with van der Waals surface area (Å²) in [5.74, 6) is 0.180. The van der Waals surface area contributed by atoms with Gasteiger partial charge in [0, 0.05) is 19.5 Å². The highest BCUT2D eigenvalue weighted by molar-refractivity contribution is 6.33. The van der Waals surface area contributed by atoms with Crippen molar-refractivity contribution in [2.45, 2.75) is 26.4 Å². The van der Waals surface area contributed by atoms with E-state index in [1.807, 2.05) is 36.4 Å². The number of aromatic nitrogens is 2. The number of carbonyl (C=O) groups excluding carboxylic acids is 2. The lowest BCUT2D eigenvalue weighted by atomic mass is 10.1. The van der Waals surface area contributed by atoms with Gasteiger partial charge in [-0.05, 0) is 31.2 Å². The quantitative estimate of drug-likeness (QED) is 0.718. The molecule has 0 bridgehead atoms. The molecule has 4 rings (SSSR count). The maximum atomic E-state index is 12.7. The highest BCUT2D eigenvalue weighted by Crippen LogP contribution is 2.31. The van der Waals surface area contributed by atoms with Crippen LogP contribution in [0.5, 0.6) is 0 Å². The number of benzene rings is 2. The third-order valence-electron chi connectivity index (χ3n) is 5.11. The van der Waals surface area contributed by atoms with E-state index < -0.39 is 5.92 Å². The topological polar surface area (TPSA) is 67.2 Å². The van der Waals surface area contributed by atoms with Crippen LogP contribution < -0.4 is 10.2 Å². The molecule has 1 unspecified atom stereocenters. The maximum absolute atomic E-state index is 12.7. The van der Waals surface area contributed by atoms with Gasteiger partial charge in [-0.2, -0.15) is 0 Å². The second-order valence-corrected chi connectivity index (χ2v) is 7.24. The van der Waals surface area contributed by atoms with Crippen molar-refractivity contribution in [2.24, 2.45) is 5.92 Å². The first-order valence-electron chi connectivity index (χ1n) is 9.35. The van der Waals surface area contributed by atoms with Crippen LogP contribution in [-0.2, 0) is 22.7 Å². The molecule has 28 heavy (non-hydrogen) atoms. The number of anilines is 1. The number of para-hydroxylation sites is 3. The van der Waals surface area contributed by atoms with E-state index in [4.69, 9.17) is 11.6 Å². The van der Waals surface area contributed by atoms with Gasteiger partial charge in [0.1, 0.15) is 5.82 Å². The Morgan fingerprint density at radius 2 is 1.96 bits per heavy atom. The van der Waals surface area contributed by atoms with E-state index in [1.165, 1.54) is 0 Å². The summed E-state index contributed by atoms with van der Waals surface area (Å²) in [5.41, 5.74) is 2.61. The van der Waals surface area contributed by atoms with E-state index in [0.717, 1.165) is 23.4 Å². The minimum absolute atomic E-state index is 0.0888. The summed E-state index contributed by atoms with van der Waals surface area (Å²) in [6.45, 7) is 3.49. The molecule has 1 aliphatic heterocycles. The molecule has 144 valence electrons. The van der Waals surface area contributed by atoms with Crippen molar-refractivity contribution in [3.05, 3.63) is 59.4 Å². The van der Waals surface area contributed by atoms with Crippen molar-refractivity contribution < 1.29 is 9.59 Å². The van der Waals surface area contributed by atoms with Crippen LogP contribution in [0.25, 0.3) is 11.0 Å². The number of fused-ring (bicyclic) bond motifs is 1. The van der Waals surface area contributed by atoms with Crippen LogP contribution in [0.15, 0.2) is 48.5 Å². The standard InChI is InChI=1S/C21H21ClN4O2/c1-2-25-18-10-6-4-8-16(18)24-19(25)12-23-21(28)14-11-20(27)26(13-14)17-9-5-3-7-15(17)22/h3-10,14H,2,11-13H2,1H3,(H,23,28). The Morgan fingerprint density at radius 3 is 2.75 bits per heavy atom. The molecule has 2 amide bonds. The first-order valence-corrected chi connectivity index (χ1v) is 9.73. The van der Waals surface area contributed by atoms with Crippen LogP contribution in [0.2, 0.25) is 5.02 Å². The zero-order chi connectivity index (χ0) is 19.7. The van der Waals surface area contributed by atoms with E-state index in [2.05, 4.69) is 21.8 Å². The van der Waals surface area contributed by atoms with Crippen LogP contribution >= 0.6 is 11.6 Å². The van der Waals surface area contributed by atoms with Crippen molar-refractivity contribution in [1.29, 1.82) is 0 Å². The fraction of sp³-hybridized carbons (Fsp3) is 0.286. The van der Waals surface area contributed by atoms with Gasteiger partial charge in [0.25, 0.3) is 0 Å². The van der Waals surface area contributed by atoms with Gasteiger partial charge in [-0.15, -0.1) is 0 Å². The Kier molecular flexibility index (Phi) is 5.05. The normalized spacial score (nSPS) is 16.7. The molecule has 1 aliphatic rings. The predicted octanol–water partition coefficient (Wildman–Crippen LogP) is 3.38. The van der Waals surface area contributed by atoms with E-state index in [1.54, 1.807) is 17.0 Å². The van der Waals surface area contributed by atoms with E-state index in [9.17, 15) is 9.59 Å². The molecular weight excluding hydrogens is 376 g/mol. The zero-order valence-corrected chi connectivity index (χ0v) is 16.3. The molecule has 1 fully saturated rings. The van der Waals surface area contributed by atoms with Gasteiger partial charge in [-0.3, -0.25) is 9.59 Å². The molecule has 6 nitrogen and oxygen atoms in total. The third kappa shape index (κ3) is 3.36. The average Bonchev–Trinajstić information content (AvgIpc) is 3.26. The summed E-state index contributed by atoms with van der Waals surface area (Å²) < 4.78 is 2.09. The van der Waals surface area contributed by atoms with Crippen molar-refractivity contribution in [3.8, 4) is 0 Å². The van der Waals surface area contributed by atoms with Gasteiger partial charge in [0.2, 0.25) is 11.8 Å². The Balaban J connectivity index is 1.45. The van der Waals surface area contributed by atoms with Crippen molar-refractivity contribution in [3.63, 3.8) is 0 Å². The number of nitrogens with zero attached hydrogens (tertiary/aromatic N) is 3. The van der Waals surface area contributed by atoms with Gasteiger partial charge in [-0.25, -0.2) is 4.98 Å².